The van der Waals surface area contributed by atoms with Gasteiger partial charge in [-0.1, -0.05) is 5.21 Å². The van der Waals surface area contributed by atoms with Gasteiger partial charge in [-0.2, -0.15) is 0 Å². The number of fused-ring (bicyclic) bond motifs is 3. The van der Waals surface area contributed by atoms with Crippen LogP contribution in [0.25, 0.3) is 0 Å². The first-order valence-corrected chi connectivity index (χ1v) is 8.60. The summed E-state index contributed by atoms with van der Waals surface area (Å²) in [6, 6.07) is 0.434. The van der Waals surface area contributed by atoms with Gasteiger partial charge >= 0.3 is 0 Å². The van der Waals surface area contributed by atoms with Gasteiger partial charge in [0.2, 0.25) is 5.91 Å². The first-order chi connectivity index (χ1) is 11.7. The van der Waals surface area contributed by atoms with E-state index in [9.17, 15) is 4.79 Å². The lowest BCUT2D eigenvalue weighted by molar-refractivity contribution is -0.133. The summed E-state index contributed by atoms with van der Waals surface area (Å²) in [6.45, 7) is 4.37. The third kappa shape index (κ3) is 3.93. The molecular weight excluding hydrogens is 310 g/mol. The Morgan fingerprint density at radius 3 is 3.00 bits per heavy atom. The van der Waals surface area contributed by atoms with Crippen LogP contribution in [0.2, 0.25) is 0 Å². The van der Waals surface area contributed by atoms with Gasteiger partial charge in [0.15, 0.2) is 0 Å². The number of ether oxygens (including phenoxy) is 2. The van der Waals surface area contributed by atoms with Crippen molar-refractivity contribution >= 4 is 5.91 Å². The minimum atomic E-state index is 0.103. The molecule has 1 unspecified atom stereocenters. The standard InChI is InChI=1S/C16H27N5O3/c1-23-6-4-17-16(22)15-10-20-5-3-12(15)7-14(20)9-21-8-13(11-24-2)18-19-21/h8,12,14-15H,3-7,9-11H2,1-2H3,(H,17,22)/t12-,14+,15+/m0/s1. The summed E-state index contributed by atoms with van der Waals surface area (Å²) in [6.07, 6.45) is 4.09. The average molecular weight is 337 g/mol. The lowest BCUT2D eigenvalue weighted by atomic mass is 9.75. The first kappa shape index (κ1) is 17.3. The second kappa shape index (κ2) is 8.04. The largest absolute Gasteiger partial charge is 0.383 e. The maximum absolute atomic E-state index is 12.4. The molecule has 1 amide bonds. The Kier molecular flexibility index (Phi) is 5.80. The Balaban J connectivity index is 1.54. The van der Waals surface area contributed by atoms with Crippen molar-refractivity contribution in [3.8, 4) is 0 Å². The summed E-state index contributed by atoms with van der Waals surface area (Å²) >= 11 is 0. The van der Waals surface area contributed by atoms with E-state index in [1.165, 1.54) is 0 Å². The van der Waals surface area contributed by atoms with Crippen molar-refractivity contribution in [3.05, 3.63) is 11.9 Å². The molecule has 1 N–H and O–H groups in total. The third-order valence-corrected chi connectivity index (χ3v) is 5.10. The van der Waals surface area contributed by atoms with E-state index in [-0.39, 0.29) is 11.8 Å². The minimum absolute atomic E-state index is 0.103. The highest BCUT2D eigenvalue weighted by molar-refractivity contribution is 5.79. The number of nitrogens with zero attached hydrogens (tertiary/aromatic N) is 4. The van der Waals surface area contributed by atoms with E-state index in [4.69, 9.17) is 9.47 Å². The molecular formula is C16H27N5O3. The van der Waals surface area contributed by atoms with Gasteiger partial charge in [0.1, 0.15) is 5.69 Å². The number of hydrogen-bond acceptors (Lipinski definition) is 6. The van der Waals surface area contributed by atoms with Gasteiger partial charge in [0.25, 0.3) is 0 Å². The second-order valence-electron chi connectivity index (χ2n) is 6.69. The highest BCUT2D eigenvalue weighted by atomic mass is 16.5. The summed E-state index contributed by atoms with van der Waals surface area (Å²) in [5, 5.41) is 11.3. The summed E-state index contributed by atoms with van der Waals surface area (Å²) in [7, 11) is 3.30. The normalized spacial score (nSPS) is 28.9. The molecule has 1 aromatic heterocycles. The number of piperidine rings is 3. The maximum Gasteiger partial charge on any atom is 0.224 e. The van der Waals surface area contributed by atoms with Gasteiger partial charge in [-0.05, 0) is 25.3 Å². The Bertz CT molecular complexity index is 550. The molecule has 24 heavy (non-hydrogen) atoms. The van der Waals surface area contributed by atoms with Crippen LogP contribution in [0.15, 0.2) is 6.20 Å². The first-order valence-electron chi connectivity index (χ1n) is 8.60. The number of carbonyl (C=O) groups is 1. The van der Waals surface area contributed by atoms with Crippen molar-refractivity contribution in [2.45, 2.75) is 32.0 Å². The predicted octanol–water partition coefficient (Wildman–Crippen LogP) is -0.102. The molecule has 4 rings (SSSR count). The molecule has 3 fully saturated rings. The maximum atomic E-state index is 12.4. The topological polar surface area (TPSA) is 81.5 Å². The molecule has 8 heteroatoms. The third-order valence-electron chi connectivity index (χ3n) is 5.10. The van der Waals surface area contributed by atoms with Crippen LogP contribution in [-0.2, 0) is 27.4 Å². The Hall–Kier alpha value is -1.51. The van der Waals surface area contributed by atoms with Crippen molar-refractivity contribution in [2.75, 3.05) is 40.5 Å². The van der Waals surface area contributed by atoms with Crippen molar-refractivity contribution in [1.82, 2.24) is 25.2 Å². The molecule has 0 spiro atoms. The fourth-order valence-electron chi connectivity index (χ4n) is 3.89. The van der Waals surface area contributed by atoms with Crippen molar-refractivity contribution in [1.29, 1.82) is 0 Å². The number of carbonyl (C=O) groups excluding carboxylic acids is 1. The lowest BCUT2D eigenvalue weighted by Crippen LogP contribution is -2.58. The summed E-state index contributed by atoms with van der Waals surface area (Å²) in [5.41, 5.74) is 0.851. The number of rotatable bonds is 8. The molecule has 4 heterocycles. The second-order valence-corrected chi connectivity index (χ2v) is 6.69. The van der Waals surface area contributed by atoms with Gasteiger partial charge in [-0.15, -0.1) is 5.10 Å². The van der Waals surface area contributed by atoms with E-state index < -0.39 is 0 Å². The molecule has 8 nitrogen and oxygen atoms in total. The number of nitrogens with one attached hydrogen (secondary N) is 1. The predicted molar refractivity (Wildman–Crippen MR) is 87.2 cm³/mol. The number of amides is 1. The van der Waals surface area contributed by atoms with Crippen LogP contribution in [0, 0.1) is 11.8 Å². The Morgan fingerprint density at radius 1 is 1.42 bits per heavy atom. The van der Waals surface area contributed by atoms with E-state index in [0.717, 1.165) is 38.2 Å². The quantitative estimate of drug-likeness (QED) is 0.667. The fraction of sp³-hybridized carbons (Fsp3) is 0.812. The Morgan fingerprint density at radius 2 is 2.29 bits per heavy atom. The zero-order chi connectivity index (χ0) is 16.9. The van der Waals surface area contributed by atoms with E-state index in [1.807, 2.05) is 10.9 Å². The molecule has 0 saturated carbocycles. The van der Waals surface area contributed by atoms with Gasteiger partial charge in [0, 0.05) is 33.4 Å². The van der Waals surface area contributed by atoms with E-state index >= 15 is 0 Å². The SMILES string of the molecule is COCCNC(=O)[C@@H]1CN2CC[C@H]1C[C@@H]2Cn1cc(COC)nn1. The smallest absolute Gasteiger partial charge is 0.224 e. The average Bonchev–Trinajstić information content (AvgIpc) is 3.03. The summed E-state index contributed by atoms with van der Waals surface area (Å²) < 4.78 is 12.0. The van der Waals surface area contributed by atoms with E-state index in [0.29, 0.717) is 31.7 Å². The molecule has 2 bridgehead atoms. The van der Waals surface area contributed by atoms with Gasteiger partial charge in [-0.3, -0.25) is 14.4 Å². The highest BCUT2D eigenvalue weighted by Crippen LogP contribution is 2.36. The number of methoxy groups -OCH3 is 2. The monoisotopic (exact) mass is 337 g/mol. The molecule has 0 aromatic carbocycles. The van der Waals surface area contributed by atoms with Crippen LogP contribution < -0.4 is 5.32 Å². The van der Waals surface area contributed by atoms with Crippen molar-refractivity contribution in [3.63, 3.8) is 0 Å². The molecule has 1 aromatic rings. The summed E-state index contributed by atoms with van der Waals surface area (Å²) in [4.78, 5) is 14.8. The van der Waals surface area contributed by atoms with E-state index in [2.05, 4.69) is 20.5 Å². The van der Waals surface area contributed by atoms with Crippen LogP contribution in [0.5, 0.6) is 0 Å². The minimum Gasteiger partial charge on any atom is -0.383 e. The van der Waals surface area contributed by atoms with Crippen LogP contribution >= 0.6 is 0 Å². The van der Waals surface area contributed by atoms with E-state index in [1.54, 1.807) is 14.2 Å². The number of hydrogen-bond donors (Lipinski definition) is 1. The van der Waals surface area contributed by atoms with Crippen molar-refractivity contribution in [2.24, 2.45) is 11.8 Å². The van der Waals surface area contributed by atoms with Crippen LogP contribution in [0.4, 0.5) is 0 Å². The zero-order valence-electron chi connectivity index (χ0n) is 14.5. The van der Waals surface area contributed by atoms with Gasteiger partial charge in [0.05, 0.1) is 31.9 Å². The molecule has 134 valence electrons. The molecule has 3 saturated heterocycles. The van der Waals surface area contributed by atoms with Crippen LogP contribution in [-0.4, -0.2) is 72.3 Å². The molecule has 3 aliphatic heterocycles. The zero-order valence-corrected chi connectivity index (χ0v) is 14.5. The molecule has 0 aliphatic carbocycles. The lowest BCUT2D eigenvalue weighted by Gasteiger charge is -2.49. The summed E-state index contributed by atoms with van der Waals surface area (Å²) in [5.74, 6) is 0.736. The molecule has 4 atom stereocenters. The van der Waals surface area contributed by atoms with Crippen LogP contribution in [0.1, 0.15) is 18.5 Å². The Labute approximate surface area is 142 Å². The van der Waals surface area contributed by atoms with Gasteiger partial charge in [-0.25, -0.2) is 0 Å². The van der Waals surface area contributed by atoms with Crippen molar-refractivity contribution < 1.29 is 14.3 Å². The highest BCUT2D eigenvalue weighted by Gasteiger charge is 2.43. The van der Waals surface area contributed by atoms with Gasteiger partial charge < -0.3 is 14.8 Å². The van der Waals surface area contributed by atoms with Crippen LogP contribution in [0.3, 0.4) is 0 Å². The molecule has 3 aliphatic rings. The molecule has 0 radical (unpaired) electrons. The number of aromatic nitrogens is 3. The fourth-order valence-corrected chi connectivity index (χ4v) is 3.89.